The Hall–Kier alpha value is -3.08. The van der Waals surface area contributed by atoms with E-state index in [1.807, 2.05) is 13.0 Å². The van der Waals surface area contributed by atoms with Crippen molar-refractivity contribution in [2.75, 3.05) is 13.6 Å². The molecule has 6 rings (SSSR count). The number of fused-ring (bicyclic) bond motifs is 1. The van der Waals surface area contributed by atoms with Gasteiger partial charge in [0, 0.05) is 31.5 Å². The summed E-state index contributed by atoms with van der Waals surface area (Å²) in [5.74, 6) is 1.92. The van der Waals surface area contributed by atoms with Gasteiger partial charge >= 0.3 is 6.03 Å². The fourth-order valence-corrected chi connectivity index (χ4v) is 5.12. The van der Waals surface area contributed by atoms with E-state index in [2.05, 4.69) is 59.0 Å². The maximum Gasteiger partial charge on any atom is 0.317 e. The summed E-state index contributed by atoms with van der Waals surface area (Å²) in [6, 6.07) is 19.4. The molecule has 1 N–H and O–H groups in total. The first-order chi connectivity index (χ1) is 14.1. The van der Waals surface area contributed by atoms with E-state index in [4.69, 9.17) is 4.52 Å². The zero-order valence-electron chi connectivity index (χ0n) is 16.8. The molecule has 0 aliphatic heterocycles. The van der Waals surface area contributed by atoms with Gasteiger partial charge in [0.2, 0.25) is 0 Å². The van der Waals surface area contributed by atoms with Crippen LogP contribution in [0.25, 0.3) is 0 Å². The van der Waals surface area contributed by atoms with Gasteiger partial charge in [0.05, 0.1) is 6.54 Å². The molecular weight excluding hydrogens is 362 g/mol. The predicted octanol–water partition coefficient (Wildman–Crippen LogP) is 4.42. The van der Waals surface area contributed by atoms with Crippen molar-refractivity contribution in [2.45, 2.75) is 31.7 Å². The zero-order chi connectivity index (χ0) is 20.0. The molecule has 2 aromatic carbocycles. The van der Waals surface area contributed by atoms with Gasteiger partial charge in [-0.1, -0.05) is 53.7 Å². The first-order valence-corrected chi connectivity index (χ1v) is 10.2. The van der Waals surface area contributed by atoms with Crippen molar-refractivity contribution >= 4 is 6.03 Å². The molecule has 29 heavy (non-hydrogen) atoms. The number of carbonyl (C=O) groups is 1. The van der Waals surface area contributed by atoms with E-state index in [9.17, 15) is 4.79 Å². The van der Waals surface area contributed by atoms with Crippen molar-refractivity contribution in [3.8, 4) is 0 Å². The van der Waals surface area contributed by atoms with Gasteiger partial charge in [-0.25, -0.2) is 4.79 Å². The highest BCUT2D eigenvalue weighted by atomic mass is 16.5. The van der Waals surface area contributed by atoms with Crippen molar-refractivity contribution < 1.29 is 9.32 Å². The number of rotatable bonds is 4. The fraction of sp³-hybridized carbons (Fsp3) is 0.333. The summed E-state index contributed by atoms with van der Waals surface area (Å²) in [4.78, 5) is 14.3. The molecule has 0 fully saturated rings. The molecule has 2 bridgehead atoms. The molecule has 5 nitrogen and oxygen atoms in total. The smallest absolute Gasteiger partial charge is 0.317 e. The van der Waals surface area contributed by atoms with Gasteiger partial charge in [-0.15, -0.1) is 0 Å². The summed E-state index contributed by atoms with van der Waals surface area (Å²) >= 11 is 0. The Balaban J connectivity index is 1.32. The standard InChI is InChI=1S/C24H25N3O2/c1-15-11-17(26-29-15)14-27(2)24(28)25-13-16-12-22-18-7-3-5-9-20(18)23(16)21-10-6-4-8-19(21)22/h3-11,16,22-23H,12-14H2,1-2H3,(H,25,28). The number of nitrogens with zero attached hydrogens (tertiary/aromatic N) is 2. The monoisotopic (exact) mass is 387 g/mol. The van der Waals surface area contributed by atoms with Crippen LogP contribution in [0.4, 0.5) is 4.79 Å². The summed E-state index contributed by atoms with van der Waals surface area (Å²) in [6.07, 6.45) is 1.07. The second-order valence-electron chi connectivity index (χ2n) is 8.25. The highest BCUT2D eigenvalue weighted by Gasteiger charge is 2.42. The topological polar surface area (TPSA) is 58.4 Å². The molecule has 0 radical (unpaired) electrons. The Morgan fingerprint density at radius 1 is 1.10 bits per heavy atom. The SMILES string of the molecule is Cc1cc(CN(C)C(=O)NCC2CC3c4ccccc4C2c2ccccc23)no1. The number of urea groups is 1. The number of hydrogen-bond acceptors (Lipinski definition) is 3. The Labute approximate surface area is 170 Å². The fourth-order valence-electron chi connectivity index (χ4n) is 5.12. The number of nitrogens with one attached hydrogen (secondary N) is 1. The third-order valence-corrected chi connectivity index (χ3v) is 6.36. The van der Waals surface area contributed by atoms with E-state index in [0.717, 1.165) is 17.9 Å². The van der Waals surface area contributed by atoms with E-state index in [-0.39, 0.29) is 6.03 Å². The lowest BCUT2D eigenvalue weighted by Gasteiger charge is -2.45. The summed E-state index contributed by atoms with van der Waals surface area (Å²) in [5, 5.41) is 7.13. The Morgan fingerprint density at radius 3 is 2.31 bits per heavy atom. The molecule has 3 aromatic rings. The average molecular weight is 387 g/mol. The van der Waals surface area contributed by atoms with Crippen LogP contribution < -0.4 is 5.32 Å². The number of carbonyl (C=O) groups excluding carboxylic acids is 1. The van der Waals surface area contributed by atoms with Gasteiger partial charge in [-0.05, 0) is 41.5 Å². The first-order valence-electron chi connectivity index (χ1n) is 10.2. The molecule has 2 amide bonds. The lowest BCUT2D eigenvalue weighted by Crippen LogP contribution is -2.43. The van der Waals surface area contributed by atoms with Crippen LogP contribution in [0.5, 0.6) is 0 Å². The summed E-state index contributed by atoms with van der Waals surface area (Å²) in [7, 11) is 1.79. The van der Waals surface area contributed by atoms with E-state index in [0.29, 0.717) is 30.8 Å². The minimum absolute atomic E-state index is 0.0753. The second kappa shape index (κ2) is 7.07. The van der Waals surface area contributed by atoms with Gasteiger partial charge < -0.3 is 14.7 Å². The molecular formula is C24H25N3O2. The maximum atomic E-state index is 12.7. The van der Waals surface area contributed by atoms with Crippen molar-refractivity contribution in [2.24, 2.45) is 5.92 Å². The molecule has 0 saturated heterocycles. The van der Waals surface area contributed by atoms with Crippen molar-refractivity contribution in [3.63, 3.8) is 0 Å². The summed E-state index contributed by atoms with van der Waals surface area (Å²) < 4.78 is 5.09. The zero-order valence-corrected chi connectivity index (χ0v) is 16.8. The van der Waals surface area contributed by atoms with E-state index in [1.165, 1.54) is 22.3 Å². The second-order valence-corrected chi connectivity index (χ2v) is 8.25. The van der Waals surface area contributed by atoms with Gasteiger partial charge in [0.15, 0.2) is 0 Å². The lowest BCUT2D eigenvalue weighted by atomic mass is 9.59. The number of hydrogen-bond donors (Lipinski definition) is 1. The van der Waals surface area contributed by atoms with Crippen LogP contribution in [0.3, 0.4) is 0 Å². The quantitative estimate of drug-likeness (QED) is 0.721. The van der Waals surface area contributed by atoms with Crippen LogP contribution in [0.15, 0.2) is 59.1 Å². The highest BCUT2D eigenvalue weighted by Crippen LogP contribution is 2.55. The number of benzene rings is 2. The number of amides is 2. The van der Waals surface area contributed by atoms with E-state index < -0.39 is 0 Å². The van der Waals surface area contributed by atoms with E-state index >= 15 is 0 Å². The van der Waals surface area contributed by atoms with Crippen LogP contribution >= 0.6 is 0 Å². The normalized spacial score (nSPS) is 21.4. The van der Waals surface area contributed by atoms with Crippen molar-refractivity contribution in [1.29, 1.82) is 0 Å². The predicted molar refractivity (Wildman–Crippen MR) is 111 cm³/mol. The van der Waals surface area contributed by atoms with Crippen LogP contribution in [0.1, 0.15) is 52.0 Å². The highest BCUT2D eigenvalue weighted by molar-refractivity contribution is 5.73. The van der Waals surface area contributed by atoms with Crippen LogP contribution in [-0.2, 0) is 6.54 Å². The average Bonchev–Trinajstić information content (AvgIpc) is 3.16. The number of aryl methyl sites for hydroxylation is 1. The molecule has 148 valence electrons. The summed E-state index contributed by atoms with van der Waals surface area (Å²) in [6.45, 7) is 2.96. The molecule has 1 aromatic heterocycles. The summed E-state index contributed by atoms with van der Waals surface area (Å²) in [5.41, 5.74) is 6.52. The first kappa shape index (κ1) is 18.0. The van der Waals surface area contributed by atoms with Gasteiger partial charge in [-0.3, -0.25) is 0 Å². The third-order valence-electron chi connectivity index (χ3n) is 6.36. The molecule has 0 spiro atoms. The Morgan fingerprint density at radius 2 is 1.72 bits per heavy atom. The molecule has 1 heterocycles. The molecule has 1 atom stereocenters. The van der Waals surface area contributed by atoms with Crippen LogP contribution in [0.2, 0.25) is 0 Å². The molecule has 1 unspecified atom stereocenters. The molecule has 3 aliphatic rings. The molecule has 5 heteroatoms. The van der Waals surface area contributed by atoms with Gasteiger partial charge in [0.1, 0.15) is 11.5 Å². The lowest BCUT2D eigenvalue weighted by molar-refractivity contribution is 0.201. The van der Waals surface area contributed by atoms with Crippen LogP contribution in [-0.4, -0.2) is 29.7 Å². The van der Waals surface area contributed by atoms with Gasteiger partial charge in [0.25, 0.3) is 0 Å². The number of aromatic nitrogens is 1. The Bertz CT molecular complexity index is 1010. The third kappa shape index (κ3) is 3.11. The van der Waals surface area contributed by atoms with Crippen molar-refractivity contribution in [3.05, 3.63) is 88.3 Å². The van der Waals surface area contributed by atoms with E-state index in [1.54, 1.807) is 11.9 Å². The molecule has 0 saturated carbocycles. The Kier molecular flexibility index (Phi) is 4.38. The molecule has 3 aliphatic carbocycles. The largest absolute Gasteiger partial charge is 0.361 e. The van der Waals surface area contributed by atoms with Crippen LogP contribution in [0, 0.1) is 12.8 Å². The minimum atomic E-state index is -0.0753. The van der Waals surface area contributed by atoms with Gasteiger partial charge in [-0.2, -0.15) is 0 Å². The van der Waals surface area contributed by atoms with Crippen molar-refractivity contribution in [1.82, 2.24) is 15.4 Å². The maximum absolute atomic E-state index is 12.7. The minimum Gasteiger partial charge on any atom is -0.361 e.